The van der Waals surface area contributed by atoms with Crippen molar-refractivity contribution < 1.29 is 31.2 Å². The van der Waals surface area contributed by atoms with E-state index in [-0.39, 0.29) is 11.6 Å². The molecule has 116 valence electrons. The third-order valence-corrected chi connectivity index (χ3v) is 2.34. The van der Waals surface area contributed by atoms with Crippen molar-refractivity contribution in [3.8, 4) is 17.1 Å². The molecule has 0 amide bonds. The molecule has 2 aromatic rings. The van der Waals surface area contributed by atoms with E-state index in [0.29, 0.717) is 11.4 Å². The second-order valence-corrected chi connectivity index (χ2v) is 4.83. The van der Waals surface area contributed by atoms with Gasteiger partial charge in [-0.2, -0.15) is 0 Å². The van der Waals surface area contributed by atoms with E-state index < -0.39 is 10.4 Å². The molecule has 1 aromatic carbocycles. The smallest absolute Gasteiger partial charge is 0.312 e. The molecule has 0 bridgehead atoms. The Kier molecular flexibility index (Phi) is 5.35. The van der Waals surface area contributed by atoms with Gasteiger partial charge in [0.05, 0.1) is 26.8 Å². The number of methoxy groups -OCH3 is 1. The Labute approximate surface area is 121 Å². The molecule has 10 heteroatoms. The summed E-state index contributed by atoms with van der Waals surface area (Å²) in [5, 5.41) is 4.26. The van der Waals surface area contributed by atoms with Gasteiger partial charge in [-0.3, -0.25) is 4.55 Å². The molecule has 1 aromatic heterocycles. The quantitative estimate of drug-likeness (QED) is 0.476. The van der Waals surface area contributed by atoms with Crippen LogP contribution in [-0.4, -0.2) is 34.4 Å². The first-order chi connectivity index (χ1) is 9.63. The molecule has 0 aliphatic heterocycles. The number of aryl methyl sites for hydroxylation is 2. The minimum atomic E-state index is -4.92. The zero-order chi connectivity index (χ0) is 16.2. The van der Waals surface area contributed by atoms with Crippen LogP contribution in [0.4, 0.5) is 4.39 Å². The largest absolute Gasteiger partial charge is 0.726 e. The van der Waals surface area contributed by atoms with Crippen LogP contribution in [0.25, 0.3) is 11.4 Å². The highest BCUT2D eigenvalue weighted by molar-refractivity contribution is 7.79. The van der Waals surface area contributed by atoms with E-state index in [1.807, 2.05) is 18.7 Å². The maximum atomic E-state index is 13.5. The topological polar surface area (TPSA) is 108 Å². The number of aromatic nitrogens is 3. The average Bonchev–Trinajstić information content (AvgIpc) is 2.66. The van der Waals surface area contributed by atoms with Gasteiger partial charge in [-0.05, 0) is 12.1 Å². The first-order valence-electron chi connectivity index (χ1n) is 5.54. The number of hydrogen-bond acceptors (Lipinski definition) is 5. The Morgan fingerprint density at radius 1 is 1.48 bits per heavy atom. The summed E-state index contributed by atoms with van der Waals surface area (Å²) in [6, 6.07) is 4.79. The summed E-state index contributed by atoms with van der Waals surface area (Å²) < 4.78 is 54.9. The van der Waals surface area contributed by atoms with Crippen molar-refractivity contribution >= 4 is 10.4 Å². The Bertz CT molecular complexity index is 721. The molecular formula is C11H14FN3O5S. The van der Waals surface area contributed by atoms with Crippen LogP contribution in [-0.2, 0) is 24.5 Å². The standard InChI is InChI=1S/C11H13FN3O.H2O4S/c1-14-7-15(2)13-11(14)8-5-4-6-9(12)10(8)16-3;1-5(2,3)4/h4-7H,1-3H3;(H2,1,2,3,4)/q+1;/p-1. The minimum absolute atomic E-state index is 0.219. The molecule has 21 heavy (non-hydrogen) atoms. The number of ether oxygens (including phenoxy) is 1. The first kappa shape index (κ1) is 17.0. The number of hydrogen-bond donors (Lipinski definition) is 1. The first-order valence-corrected chi connectivity index (χ1v) is 6.90. The Balaban J connectivity index is 0.000000383. The molecule has 0 fully saturated rings. The van der Waals surface area contributed by atoms with Crippen LogP contribution in [0.5, 0.6) is 5.75 Å². The van der Waals surface area contributed by atoms with Crippen LogP contribution in [0.1, 0.15) is 0 Å². The Morgan fingerprint density at radius 3 is 2.48 bits per heavy atom. The maximum absolute atomic E-state index is 13.5. The highest BCUT2D eigenvalue weighted by Gasteiger charge is 2.20. The molecule has 0 radical (unpaired) electrons. The van der Waals surface area contributed by atoms with Crippen LogP contribution >= 0.6 is 0 Å². The number of benzene rings is 1. The molecule has 0 unspecified atom stereocenters. The van der Waals surface area contributed by atoms with Crippen LogP contribution in [0.15, 0.2) is 24.5 Å². The van der Waals surface area contributed by atoms with Crippen molar-refractivity contribution in [1.82, 2.24) is 9.78 Å². The lowest BCUT2D eigenvalue weighted by Gasteiger charge is -2.04. The van der Waals surface area contributed by atoms with Gasteiger partial charge in [0.25, 0.3) is 0 Å². The summed E-state index contributed by atoms with van der Waals surface area (Å²) in [7, 11) is 0.201. The summed E-state index contributed by atoms with van der Waals surface area (Å²) in [4.78, 5) is 0. The van der Waals surface area contributed by atoms with Crippen LogP contribution < -0.4 is 9.30 Å². The van der Waals surface area contributed by atoms with Gasteiger partial charge in [-0.15, -0.1) is 4.68 Å². The predicted octanol–water partition coefficient (Wildman–Crippen LogP) is 0.0639. The Morgan fingerprint density at radius 2 is 2.05 bits per heavy atom. The molecule has 0 atom stereocenters. The monoisotopic (exact) mass is 319 g/mol. The molecule has 2 rings (SSSR count). The second kappa shape index (κ2) is 6.61. The van der Waals surface area contributed by atoms with Crippen molar-refractivity contribution in [1.29, 1.82) is 0 Å². The summed E-state index contributed by atoms with van der Waals surface area (Å²) in [6.07, 6.45) is 1.81. The molecule has 0 saturated heterocycles. The lowest BCUT2D eigenvalue weighted by Crippen LogP contribution is -2.28. The number of rotatable bonds is 2. The van der Waals surface area contributed by atoms with Gasteiger partial charge in [-0.1, -0.05) is 6.07 Å². The third-order valence-electron chi connectivity index (χ3n) is 2.34. The van der Waals surface area contributed by atoms with Crippen LogP contribution in [0.3, 0.4) is 0 Å². The van der Waals surface area contributed by atoms with Gasteiger partial charge in [0, 0.05) is 5.10 Å². The number of nitrogens with zero attached hydrogens (tertiary/aromatic N) is 3. The molecular weight excluding hydrogens is 305 g/mol. The maximum Gasteiger partial charge on any atom is 0.312 e. The molecule has 8 nitrogen and oxygen atoms in total. The van der Waals surface area contributed by atoms with Crippen LogP contribution in [0.2, 0.25) is 0 Å². The number of halogens is 1. The zero-order valence-electron chi connectivity index (χ0n) is 11.5. The fraction of sp³-hybridized carbons (Fsp3) is 0.273. The van der Waals surface area contributed by atoms with E-state index in [1.54, 1.807) is 23.1 Å². The van der Waals surface area contributed by atoms with Gasteiger partial charge < -0.3 is 9.29 Å². The SMILES string of the molecule is COc1c(F)cccc1-c1nn(C)c[n+]1C.O=S(=O)([O-])O. The van der Waals surface area contributed by atoms with Gasteiger partial charge in [0.1, 0.15) is 0 Å². The van der Waals surface area contributed by atoms with Crippen molar-refractivity contribution in [3.63, 3.8) is 0 Å². The molecule has 0 aliphatic carbocycles. The van der Waals surface area contributed by atoms with E-state index in [4.69, 9.17) is 22.3 Å². The lowest BCUT2D eigenvalue weighted by atomic mass is 10.2. The molecule has 0 aliphatic rings. The Hall–Kier alpha value is -2.04. The van der Waals surface area contributed by atoms with Crippen LogP contribution in [0, 0.1) is 5.82 Å². The normalized spacial score (nSPS) is 10.8. The van der Waals surface area contributed by atoms with E-state index >= 15 is 0 Å². The highest BCUT2D eigenvalue weighted by Crippen LogP contribution is 2.28. The molecule has 1 heterocycles. The van der Waals surface area contributed by atoms with Crippen molar-refractivity contribution in [2.75, 3.05) is 7.11 Å². The van der Waals surface area contributed by atoms with E-state index in [1.165, 1.54) is 13.2 Å². The fourth-order valence-corrected chi connectivity index (χ4v) is 1.69. The highest BCUT2D eigenvalue weighted by atomic mass is 32.3. The summed E-state index contributed by atoms with van der Waals surface area (Å²) in [5.74, 6) is 0.501. The lowest BCUT2D eigenvalue weighted by molar-refractivity contribution is -0.661. The fourth-order valence-electron chi connectivity index (χ4n) is 1.69. The van der Waals surface area contributed by atoms with Gasteiger partial charge in [0.2, 0.25) is 16.7 Å². The van der Waals surface area contributed by atoms with E-state index in [9.17, 15) is 4.39 Å². The molecule has 0 spiro atoms. The predicted molar refractivity (Wildman–Crippen MR) is 68.7 cm³/mol. The summed E-state index contributed by atoms with van der Waals surface area (Å²) in [5.41, 5.74) is 0.644. The minimum Gasteiger partial charge on any atom is -0.726 e. The average molecular weight is 319 g/mol. The van der Waals surface area contributed by atoms with Gasteiger partial charge >= 0.3 is 5.82 Å². The van der Waals surface area contributed by atoms with Gasteiger partial charge in [0.15, 0.2) is 11.6 Å². The second-order valence-electron chi connectivity index (χ2n) is 3.97. The number of para-hydroxylation sites is 1. The molecule has 1 N–H and O–H groups in total. The van der Waals surface area contributed by atoms with Crippen molar-refractivity contribution in [2.24, 2.45) is 14.1 Å². The zero-order valence-corrected chi connectivity index (χ0v) is 12.3. The third kappa shape index (κ3) is 5.10. The van der Waals surface area contributed by atoms with E-state index in [2.05, 4.69) is 5.10 Å². The summed E-state index contributed by atoms with van der Waals surface area (Å²) in [6.45, 7) is 0. The molecule has 0 saturated carbocycles. The van der Waals surface area contributed by atoms with Gasteiger partial charge in [-0.25, -0.2) is 17.4 Å². The van der Waals surface area contributed by atoms with Crippen molar-refractivity contribution in [3.05, 3.63) is 30.3 Å². The van der Waals surface area contributed by atoms with E-state index in [0.717, 1.165) is 0 Å². The van der Waals surface area contributed by atoms with Crippen molar-refractivity contribution in [2.45, 2.75) is 0 Å². The summed E-state index contributed by atoms with van der Waals surface area (Å²) >= 11 is 0.